The van der Waals surface area contributed by atoms with Crippen LogP contribution in [0.3, 0.4) is 0 Å². The topological polar surface area (TPSA) is 78.9 Å². The molecule has 1 unspecified atom stereocenters. The number of carbonyl (C=O) groups excluding carboxylic acids is 3. The lowest BCUT2D eigenvalue weighted by molar-refractivity contribution is -0.153. The van der Waals surface area contributed by atoms with Crippen LogP contribution in [0.25, 0.3) is 5.70 Å². The van der Waals surface area contributed by atoms with Crippen LogP contribution in [-0.2, 0) is 14.3 Å². The third-order valence-electron chi connectivity index (χ3n) is 5.86. The highest BCUT2D eigenvalue weighted by molar-refractivity contribution is 6.10. The highest BCUT2D eigenvalue weighted by Crippen LogP contribution is 2.30. The van der Waals surface area contributed by atoms with Gasteiger partial charge in [0.1, 0.15) is 6.54 Å². The number of piperidine rings is 1. The van der Waals surface area contributed by atoms with Crippen LogP contribution >= 0.6 is 0 Å². The normalized spacial score (nSPS) is 16.5. The maximum Gasteiger partial charge on any atom is 0.326 e. The Labute approximate surface area is 187 Å². The first-order valence-corrected chi connectivity index (χ1v) is 10.9. The predicted octanol–water partition coefficient (Wildman–Crippen LogP) is 3.67. The van der Waals surface area contributed by atoms with E-state index in [0.717, 1.165) is 18.8 Å². The van der Waals surface area contributed by atoms with E-state index < -0.39 is 18.0 Å². The van der Waals surface area contributed by atoms with E-state index in [1.807, 2.05) is 30.3 Å². The summed E-state index contributed by atoms with van der Waals surface area (Å²) < 4.78 is 5.27. The molecule has 1 fully saturated rings. The molecular formula is C25H27N3O4. The molecule has 1 atom stereocenters. The van der Waals surface area contributed by atoms with Crippen molar-refractivity contribution in [2.45, 2.75) is 32.3 Å². The SMILES string of the molecule is C=C1c2ccccc2C(=O)N1CC(=O)OC(C)C(=O)Nc1ccc(N2CCCCC2)cc1. The number of nitrogens with one attached hydrogen (secondary N) is 1. The van der Waals surface area contributed by atoms with Gasteiger partial charge in [0.25, 0.3) is 11.8 Å². The van der Waals surface area contributed by atoms with Crippen molar-refractivity contribution in [3.8, 4) is 0 Å². The maximum absolute atomic E-state index is 12.5. The van der Waals surface area contributed by atoms with E-state index in [1.54, 1.807) is 18.2 Å². The van der Waals surface area contributed by atoms with E-state index in [9.17, 15) is 14.4 Å². The zero-order valence-corrected chi connectivity index (χ0v) is 18.2. The summed E-state index contributed by atoms with van der Waals surface area (Å²) in [6.45, 7) is 7.22. The van der Waals surface area contributed by atoms with Gasteiger partial charge in [-0.3, -0.25) is 19.3 Å². The molecule has 0 aromatic heterocycles. The van der Waals surface area contributed by atoms with E-state index in [4.69, 9.17) is 4.74 Å². The molecule has 0 spiro atoms. The number of esters is 1. The summed E-state index contributed by atoms with van der Waals surface area (Å²) in [6, 6.07) is 14.7. The fourth-order valence-corrected chi connectivity index (χ4v) is 4.07. The second-order valence-electron chi connectivity index (χ2n) is 8.10. The van der Waals surface area contributed by atoms with E-state index in [-0.39, 0.29) is 12.5 Å². The minimum atomic E-state index is -1.00. The van der Waals surface area contributed by atoms with Crippen LogP contribution in [-0.4, -0.2) is 48.4 Å². The van der Waals surface area contributed by atoms with Gasteiger partial charge in [-0.15, -0.1) is 0 Å². The van der Waals surface area contributed by atoms with Crippen LogP contribution in [0.5, 0.6) is 0 Å². The average Bonchev–Trinajstić information content (AvgIpc) is 3.05. The second kappa shape index (κ2) is 9.26. The molecule has 32 heavy (non-hydrogen) atoms. The number of amides is 2. The summed E-state index contributed by atoms with van der Waals surface area (Å²) in [5.41, 5.74) is 3.43. The van der Waals surface area contributed by atoms with Gasteiger partial charge in [0, 0.05) is 41.3 Å². The third-order valence-corrected chi connectivity index (χ3v) is 5.86. The first-order valence-electron chi connectivity index (χ1n) is 10.9. The van der Waals surface area contributed by atoms with E-state index in [0.29, 0.717) is 22.5 Å². The van der Waals surface area contributed by atoms with Crippen LogP contribution < -0.4 is 10.2 Å². The number of nitrogens with zero attached hydrogens (tertiary/aromatic N) is 2. The fourth-order valence-electron chi connectivity index (χ4n) is 4.07. The van der Waals surface area contributed by atoms with Gasteiger partial charge in [0.2, 0.25) is 0 Å². The van der Waals surface area contributed by atoms with Crippen molar-refractivity contribution in [2.75, 3.05) is 29.9 Å². The van der Waals surface area contributed by atoms with Crippen LogP contribution in [0.15, 0.2) is 55.1 Å². The van der Waals surface area contributed by atoms with Crippen LogP contribution in [0.1, 0.15) is 42.1 Å². The maximum atomic E-state index is 12.5. The summed E-state index contributed by atoms with van der Waals surface area (Å²) in [4.78, 5) is 41.0. The highest BCUT2D eigenvalue weighted by Gasteiger charge is 2.33. The molecule has 2 heterocycles. The van der Waals surface area contributed by atoms with Crippen molar-refractivity contribution in [3.05, 3.63) is 66.2 Å². The molecular weight excluding hydrogens is 406 g/mol. The first kappa shape index (κ1) is 21.6. The van der Waals surface area contributed by atoms with Crippen molar-refractivity contribution < 1.29 is 19.1 Å². The Morgan fingerprint density at radius 2 is 1.69 bits per heavy atom. The molecule has 4 rings (SSSR count). The van der Waals surface area contributed by atoms with Gasteiger partial charge in [-0.2, -0.15) is 0 Å². The van der Waals surface area contributed by atoms with Gasteiger partial charge in [0.15, 0.2) is 6.10 Å². The Hall–Kier alpha value is -3.61. The lowest BCUT2D eigenvalue weighted by atomic mass is 10.1. The lowest BCUT2D eigenvalue weighted by Crippen LogP contribution is -2.35. The first-order chi connectivity index (χ1) is 15.4. The molecule has 7 nitrogen and oxygen atoms in total. The molecule has 7 heteroatoms. The molecule has 166 valence electrons. The number of ether oxygens (including phenoxy) is 1. The highest BCUT2D eigenvalue weighted by atomic mass is 16.5. The summed E-state index contributed by atoms with van der Waals surface area (Å²) in [5, 5.41) is 2.77. The molecule has 2 aromatic carbocycles. The van der Waals surface area contributed by atoms with Crippen LogP contribution in [0.2, 0.25) is 0 Å². The third kappa shape index (κ3) is 4.51. The Balaban J connectivity index is 1.29. The fraction of sp³-hybridized carbons (Fsp3) is 0.320. The molecule has 0 aliphatic carbocycles. The van der Waals surface area contributed by atoms with Gasteiger partial charge in [-0.1, -0.05) is 24.8 Å². The number of hydrogen-bond donors (Lipinski definition) is 1. The zero-order valence-electron chi connectivity index (χ0n) is 18.2. The van der Waals surface area contributed by atoms with Gasteiger partial charge < -0.3 is 15.0 Å². The molecule has 1 saturated heterocycles. The summed E-state index contributed by atoms with van der Waals surface area (Å²) in [5.74, 6) is -1.40. The Morgan fingerprint density at radius 3 is 2.34 bits per heavy atom. The van der Waals surface area contributed by atoms with Gasteiger partial charge in [-0.25, -0.2) is 0 Å². The summed E-state index contributed by atoms with van der Waals surface area (Å²) >= 11 is 0. The monoisotopic (exact) mass is 433 g/mol. The Kier molecular flexibility index (Phi) is 6.25. The Bertz CT molecular complexity index is 1010. The number of benzene rings is 2. The van der Waals surface area contributed by atoms with Gasteiger partial charge in [0.05, 0.1) is 0 Å². The number of carbonyl (C=O) groups is 3. The number of fused-ring (bicyclic) bond motifs is 1. The van der Waals surface area contributed by atoms with Crippen molar-refractivity contribution in [2.24, 2.45) is 0 Å². The molecule has 0 saturated carbocycles. The van der Waals surface area contributed by atoms with Crippen LogP contribution in [0, 0.1) is 0 Å². The zero-order chi connectivity index (χ0) is 22.7. The Morgan fingerprint density at radius 1 is 1.03 bits per heavy atom. The largest absolute Gasteiger partial charge is 0.451 e. The van der Waals surface area contributed by atoms with Crippen molar-refractivity contribution in [3.63, 3.8) is 0 Å². The number of hydrogen-bond acceptors (Lipinski definition) is 5. The smallest absolute Gasteiger partial charge is 0.326 e. The second-order valence-corrected chi connectivity index (χ2v) is 8.10. The van der Waals surface area contributed by atoms with E-state index >= 15 is 0 Å². The molecule has 2 aromatic rings. The minimum absolute atomic E-state index is 0.297. The molecule has 2 aliphatic heterocycles. The number of rotatable bonds is 6. The number of anilines is 2. The van der Waals surface area contributed by atoms with Gasteiger partial charge >= 0.3 is 5.97 Å². The van der Waals surface area contributed by atoms with Crippen molar-refractivity contribution in [1.29, 1.82) is 0 Å². The molecule has 2 amide bonds. The van der Waals surface area contributed by atoms with Crippen LogP contribution in [0.4, 0.5) is 11.4 Å². The average molecular weight is 434 g/mol. The minimum Gasteiger partial charge on any atom is -0.451 e. The predicted molar refractivity (Wildman–Crippen MR) is 123 cm³/mol. The summed E-state index contributed by atoms with van der Waals surface area (Å²) in [7, 11) is 0. The quantitative estimate of drug-likeness (QED) is 0.703. The van der Waals surface area contributed by atoms with Crippen molar-refractivity contribution in [1.82, 2.24) is 4.90 Å². The molecule has 2 aliphatic rings. The van der Waals surface area contributed by atoms with Crippen molar-refractivity contribution >= 4 is 34.9 Å². The van der Waals surface area contributed by atoms with E-state index in [2.05, 4.69) is 16.8 Å². The molecule has 0 radical (unpaired) electrons. The molecule has 0 bridgehead atoms. The summed E-state index contributed by atoms with van der Waals surface area (Å²) in [6.07, 6.45) is 2.67. The standard InChI is InChI=1S/C25H27N3O4/c1-17-21-8-4-5-9-22(21)25(31)28(17)16-23(29)32-18(2)24(30)26-19-10-12-20(13-11-19)27-14-6-3-7-15-27/h4-5,8-13,18H,1,3,6-7,14-16H2,2H3,(H,26,30). The van der Waals surface area contributed by atoms with E-state index in [1.165, 1.54) is 31.1 Å². The van der Waals surface area contributed by atoms with Gasteiger partial charge in [-0.05, 0) is 56.5 Å². The molecule has 1 N–H and O–H groups in total. The lowest BCUT2D eigenvalue weighted by Gasteiger charge is -2.28.